The van der Waals surface area contributed by atoms with Gasteiger partial charge in [-0.3, -0.25) is 9.59 Å². The molecule has 1 aliphatic heterocycles. The number of likely N-dealkylation sites (tertiary alicyclic amines) is 1. The fraction of sp³-hybridized carbons (Fsp3) is 0.464. The number of nitrogens with zero attached hydrogens (tertiary/aromatic N) is 2. The number of rotatable bonds is 10. The number of carboxylic acid groups (broad SMARTS) is 1. The molecule has 0 radical (unpaired) electrons. The summed E-state index contributed by atoms with van der Waals surface area (Å²) in [5.41, 5.74) is 2.21. The minimum Gasteiger partial charge on any atom is -0.475 e. The van der Waals surface area contributed by atoms with E-state index >= 15 is 0 Å². The number of amides is 2. The number of hydrogen-bond acceptors (Lipinski definition) is 4. The van der Waals surface area contributed by atoms with Crippen LogP contribution < -0.4 is 10.2 Å². The van der Waals surface area contributed by atoms with Crippen LogP contribution in [0.4, 0.5) is 18.9 Å². The van der Waals surface area contributed by atoms with Crippen molar-refractivity contribution in [3.63, 3.8) is 0 Å². The Kier molecular flexibility index (Phi) is 13.3. The van der Waals surface area contributed by atoms with E-state index in [1.807, 2.05) is 40.1 Å². The number of aryl methyl sites for hydroxylation is 1. The Morgan fingerprint density at radius 3 is 2.21 bits per heavy atom. The molecule has 0 unspecified atom stereocenters. The number of hydrogen-bond donors (Lipinski definition) is 2. The largest absolute Gasteiger partial charge is 0.490 e. The Labute approximate surface area is 231 Å². The van der Waals surface area contributed by atoms with Gasteiger partial charge in [0.1, 0.15) is 0 Å². The van der Waals surface area contributed by atoms with Gasteiger partial charge in [0.15, 0.2) is 0 Å². The second-order valence-electron chi connectivity index (χ2n) is 9.25. The summed E-state index contributed by atoms with van der Waals surface area (Å²) in [6.07, 6.45) is -0.619. The summed E-state index contributed by atoms with van der Waals surface area (Å²) < 4.78 is 31.7. The quantitative estimate of drug-likeness (QED) is 0.385. The Morgan fingerprint density at radius 1 is 1.03 bits per heavy atom. The van der Waals surface area contributed by atoms with Crippen molar-refractivity contribution >= 4 is 35.1 Å². The zero-order valence-electron chi connectivity index (χ0n) is 21.9. The third kappa shape index (κ3) is 11.7. The minimum absolute atomic E-state index is 0.0524. The number of anilines is 1. The molecule has 0 aliphatic carbocycles. The van der Waals surface area contributed by atoms with Gasteiger partial charge in [-0.1, -0.05) is 48.0 Å². The molecule has 2 amide bonds. The number of carbonyl (C=O) groups excluding carboxylic acids is 2. The predicted molar refractivity (Wildman–Crippen MR) is 145 cm³/mol. The van der Waals surface area contributed by atoms with Crippen molar-refractivity contribution in [3.8, 4) is 0 Å². The first-order valence-corrected chi connectivity index (χ1v) is 13.2. The Balaban J connectivity index is 0.000000673. The van der Waals surface area contributed by atoms with Gasteiger partial charge >= 0.3 is 12.1 Å². The predicted octanol–water partition coefficient (Wildman–Crippen LogP) is 5.18. The van der Waals surface area contributed by atoms with Crippen LogP contribution in [-0.4, -0.2) is 66.7 Å². The molecule has 2 aromatic carbocycles. The van der Waals surface area contributed by atoms with Crippen molar-refractivity contribution in [1.82, 2.24) is 10.2 Å². The van der Waals surface area contributed by atoms with Gasteiger partial charge in [-0.25, -0.2) is 4.79 Å². The number of benzene rings is 2. The molecular weight excluding hydrogens is 535 g/mol. The van der Waals surface area contributed by atoms with E-state index in [9.17, 15) is 22.8 Å². The van der Waals surface area contributed by atoms with Crippen LogP contribution in [0.2, 0.25) is 5.02 Å². The van der Waals surface area contributed by atoms with E-state index in [-0.39, 0.29) is 17.7 Å². The number of alkyl halides is 3. The zero-order chi connectivity index (χ0) is 28.8. The van der Waals surface area contributed by atoms with Crippen molar-refractivity contribution in [2.24, 2.45) is 5.92 Å². The lowest BCUT2D eigenvalue weighted by Crippen LogP contribution is -2.44. The number of piperidine rings is 1. The summed E-state index contributed by atoms with van der Waals surface area (Å²) >= 11 is 6.21. The zero-order valence-corrected chi connectivity index (χ0v) is 22.7. The molecule has 39 heavy (non-hydrogen) atoms. The van der Waals surface area contributed by atoms with Crippen molar-refractivity contribution < 1.29 is 32.7 Å². The highest BCUT2D eigenvalue weighted by Crippen LogP contribution is 2.26. The number of aliphatic carboxylic acids is 1. The first kappa shape index (κ1) is 32.1. The van der Waals surface area contributed by atoms with Crippen LogP contribution >= 0.6 is 11.6 Å². The van der Waals surface area contributed by atoms with Crippen LogP contribution in [0.25, 0.3) is 0 Å². The van der Waals surface area contributed by atoms with E-state index in [2.05, 4.69) is 29.6 Å². The average Bonchev–Trinajstić information content (AvgIpc) is 2.90. The number of nitrogens with one attached hydrogen (secondary N) is 1. The van der Waals surface area contributed by atoms with Gasteiger partial charge < -0.3 is 20.2 Å². The highest BCUT2D eigenvalue weighted by Gasteiger charge is 2.38. The minimum atomic E-state index is -5.08. The maximum Gasteiger partial charge on any atom is 0.490 e. The molecule has 2 aromatic rings. The first-order valence-electron chi connectivity index (χ1n) is 12.9. The standard InChI is InChI=1S/C26H34ClN3O2.C2HF3O2/c1-21(31)29-18-13-23(14-19-29)26(32)30(25-12-5-11-24(27)20-25)17-7-16-28-15-6-10-22-8-3-2-4-9-22;3-2(4,5)1(6)7/h2-5,8-9,11-12,20,23,28H,6-7,10,13-19H2,1H3;(H,6,7). The summed E-state index contributed by atoms with van der Waals surface area (Å²) in [6, 6.07) is 18.0. The normalized spacial score (nSPS) is 13.8. The molecule has 0 spiro atoms. The summed E-state index contributed by atoms with van der Waals surface area (Å²) in [6.45, 7) is 5.37. The second kappa shape index (κ2) is 16.1. The molecular formula is C28H35ClF3N3O4. The van der Waals surface area contributed by atoms with E-state index in [4.69, 9.17) is 21.5 Å². The smallest absolute Gasteiger partial charge is 0.475 e. The van der Waals surface area contributed by atoms with Crippen LogP contribution in [-0.2, 0) is 20.8 Å². The molecule has 7 nitrogen and oxygen atoms in total. The third-order valence-electron chi connectivity index (χ3n) is 6.32. The van der Waals surface area contributed by atoms with Gasteiger partial charge in [-0.05, 0) is 69.0 Å². The molecule has 0 atom stereocenters. The fourth-order valence-electron chi connectivity index (χ4n) is 4.22. The highest BCUT2D eigenvalue weighted by atomic mass is 35.5. The van der Waals surface area contributed by atoms with Gasteiger partial charge in [-0.15, -0.1) is 0 Å². The van der Waals surface area contributed by atoms with E-state index in [0.29, 0.717) is 37.5 Å². The van der Waals surface area contributed by atoms with Gasteiger partial charge in [0.05, 0.1) is 0 Å². The average molecular weight is 570 g/mol. The maximum absolute atomic E-state index is 13.4. The first-order chi connectivity index (χ1) is 18.5. The maximum atomic E-state index is 13.4. The van der Waals surface area contributed by atoms with E-state index < -0.39 is 12.1 Å². The molecule has 0 aromatic heterocycles. The van der Waals surface area contributed by atoms with E-state index in [1.54, 1.807) is 6.92 Å². The number of carboxylic acids is 1. The van der Waals surface area contributed by atoms with Crippen LogP contribution in [0.3, 0.4) is 0 Å². The van der Waals surface area contributed by atoms with E-state index in [1.165, 1.54) is 5.56 Å². The van der Waals surface area contributed by atoms with Crippen molar-refractivity contribution in [3.05, 3.63) is 65.2 Å². The number of halogens is 4. The molecule has 1 heterocycles. The Bertz CT molecular complexity index is 1060. The van der Waals surface area contributed by atoms with Crippen molar-refractivity contribution in [2.45, 2.75) is 45.2 Å². The van der Waals surface area contributed by atoms with Crippen LogP contribution in [0, 0.1) is 5.92 Å². The molecule has 0 bridgehead atoms. The summed E-state index contributed by atoms with van der Waals surface area (Å²) in [4.78, 5) is 37.6. The summed E-state index contributed by atoms with van der Waals surface area (Å²) in [7, 11) is 0. The van der Waals surface area contributed by atoms with Crippen molar-refractivity contribution in [2.75, 3.05) is 37.6 Å². The van der Waals surface area contributed by atoms with Crippen LogP contribution in [0.5, 0.6) is 0 Å². The molecule has 0 saturated carbocycles. The molecule has 3 rings (SSSR count). The molecule has 2 N–H and O–H groups in total. The van der Waals surface area contributed by atoms with Gasteiger partial charge in [0, 0.05) is 43.2 Å². The Hall–Kier alpha value is -3.11. The summed E-state index contributed by atoms with van der Waals surface area (Å²) in [5.74, 6) is -2.59. The monoisotopic (exact) mass is 569 g/mol. The number of carbonyl (C=O) groups is 3. The fourth-order valence-corrected chi connectivity index (χ4v) is 4.41. The van der Waals surface area contributed by atoms with Gasteiger partial charge in [-0.2, -0.15) is 13.2 Å². The Morgan fingerprint density at radius 2 is 1.64 bits per heavy atom. The van der Waals surface area contributed by atoms with Crippen molar-refractivity contribution in [1.29, 1.82) is 0 Å². The molecule has 1 fully saturated rings. The molecule has 1 aliphatic rings. The SMILES string of the molecule is CC(=O)N1CCC(C(=O)N(CCCNCCCc2ccccc2)c2cccc(Cl)c2)CC1.O=C(O)C(F)(F)F. The van der Waals surface area contributed by atoms with Gasteiger partial charge in [0.25, 0.3) is 0 Å². The molecule has 1 saturated heterocycles. The highest BCUT2D eigenvalue weighted by molar-refractivity contribution is 6.30. The summed E-state index contributed by atoms with van der Waals surface area (Å²) in [5, 5.41) is 11.3. The lowest BCUT2D eigenvalue weighted by molar-refractivity contribution is -0.192. The lowest BCUT2D eigenvalue weighted by atomic mass is 9.95. The third-order valence-corrected chi connectivity index (χ3v) is 6.55. The second-order valence-corrected chi connectivity index (χ2v) is 9.68. The lowest BCUT2D eigenvalue weighted by Gasteiger charge is -2.34. The van der Waals surface area contributed by atoms with E-state index in [0.717, 1.165) is 38.0 Å². The van der Waals surface area contributed by atoms with Crippen LogP contribution in [0.15, 0.2) is 54.6 Å². The topological polar surface area (TPSA) is 90.0 Å². The molecule has 11 heteroatoms. The molecule has 214 valence electrons. The van der Waals surface area contributed by atoms with Crippen LogP contribution in [0.1, 0.15) is 38.2 Å². The van der Waals surface area contributed by atoms with Gasteiger partial charge in [0.2, 0.25) is 11.8 Å².